The van der Waals surface area contributed by atoms with Gasteiger partial charge >= 0.3 is 5.97 Å². The predicted molar refractivity (Wildman–Crippen MR) is 507 cm³/mol. The lowest BCUT2D eigenvalue weighted by Crippen LogP contribution is -2.34. The Morgan fingerprint density at radius 2 is 0.720 bits per heavy atom. The van der Waals surface area contributed by atoms with Crippen molar-refractivity contribution >= 4 is 124 Å². The smallest absolute Gasteiger partial charge is 0.328 e. The van der Waals surface area contributed by atoms with E-state index >= 15 is 0 Å². The number of hydrogen-bond donors (Lipinski definition) is 33. The lowest BCUT2D eigenvalue weighted by Gasteiger charge is -2.19. The van der Waals surface area contributed by atoms with E-state index in [9.17, 15) is 117 Å². The zero-order valence-corrected chi connectivity index (χ0v) is 73.5. The molecule has 0 aliphatic heterocycles. The summed E-state index contributed by atoms with van der Waals surface area (Å²) in [6.45, 7) is 2.05. The zero-order valence-electron chi connectivity index (χ0n) is 73.5. The number of carboxylic acids is 1. The Labute approximate surface area is 759 Å². The molecule has 728 valence electrons. The molecule has 0 heterocycles. The summed E-state index contributed by atoms with van der Waals surface area (Å²) in [4.78, 5) is 76.8. The van der Waals surface area contributed by atoms with Gasteiger partial charge < -0.3 is 152 Å². The lowest BCUT2D eigenvalue weighted by molar-refractivity contribution is -0.138. The van der Waals surface area contributed by atoms with Crippen molar-refractivity contribution in [3.05, 3.63) is 102 Å². The number of rotatable bonds is 62. The van der Waals surface area contributed by atoms with Gasteiger partial charge in [-0.15, -0.1) is 0 Å². The molecule has 132 heavy (non-hydrogen) atoms. The normalized spacial score (nSPS) is 17.4. The fourth-order valence-corrected chi connectivity index (χ4v) is 11.7. The van der Waals surface area contributed by atoms with Gasteiger partial charge in [0.25, 0.3) is 0 Å². The topological polar surface area (TPSA) is 909 Å². The highest BCUT2D eigenvalue weighted by Gasteiger charge is 2.32. The first-order valence-electron chi connectivity index (χ1n) is 41.8. The maximum absolute atomic E-state index is 11.9. The van der Waals surface area contributed by atoms with E-state index in [2.05, 4.69) is 90.5 Å². The van der Waals surface area contributed by atoms with E-state index in [1.807, 2.05) is 18.2 Å². The number of aromatic hydroxyl groups is 1. The average Bonchev–Trinajstić information content (AvgIpc) is 0.847. The molecule has 0 fully saturated rings. The van der Waals surface area contributed by atoms with Crippen LogP contribution in [0.3, 0.4) is 0 Å². The molecule has 0 spiro atoms. The second-order valence-corrected chi connectivity index (χ2v) is 29.9. The molecular formula is C82H127N27O23. The highest BCUT2D eigenvalue weighted by atomic mass is 16.4. The van der Waals surface area contributed by atoms with Gasteiger partial charge in [-0.1, -0.05) is 72.8 Å². The largest absolute Gasteiger partial charge is 0.508 e. The van der Waals surface area contributed by atoms with Gasteiger partial charge in [-0.05, 0) is 147 Å². The first-order valence-corrected chi connectivity index (χ1v) is 41.8. The van der Waals surface area contributed by atoms with Crippen molar-refractivity contribution in [1.82, 2.24) is 10.6 Å². The third-order valence-electron chi connectivity index (χ3n) is 18.8. The fraction of sp³-hybridized carbons (Fsp3) is 0.524. The first kappa shape index (κ1) is 112. The number of hydrogen-bond acceptors (Lipinski definition) is 27. The van der Waals surface area contributed by atoms with Crippen LogP contribution < -0.4 is 39.3 Å². The average molecular weight is 1860 g/mol. The zero-order chi connectivity index (χ0) is 98.7. The van der Waals surface area contributed by atoms with E-state index in [0.29, 0.717) is 24.0 Å². The van der Waals surface area contributed by atoms with Crippen molar-refractivity contribution in [2.45, 2.75) is 221 Å². The molecule has 38 N–H and O–H groups in total. The Morgan fingerprint density at radius 1 is 0.364 bits per heavy atom. The Hall–Kier alpha value is -14.3. The molecule has 0 aliphatic carbocycles. The van der Waals surface area contributed by atoms with Gasteiger partial charge in [0.1, 0.15) is 85.8 Å². The minimum absolute atomic E-state index is 0.00542. The van der Waals surface area contributed by atoms with Crippen LogP contribution in [0.25, 0.3) is 0 Å². The number of aliphatic imine (C=N–C) groups is 16. The van der Waals surface area contributed by atoms with Crippen molar-refractivity contribution in [2.75, 3.05) is 52.4 Å². The fourth-order valence-electron chi connectivity index (χ4n) is 11.7. The van der Waals surface area contributed by atoms with Crippen LogP contribution in [0.5, 0.6) is 5.75 Å². The maximum Gasteiger partial charge on any atom is 0.328 e. The summed E-state index contributed by atoms with van der Waals surface area (Å²) >= 11 is 0. The standard InChI is InChI=1S/C82H127N27O23/c1-43(97-64(116)41-96-79(130)66(46(4)111)109-77(128)57(36-48-19-9-6-10-20-48)100-65(117)40-94-63(115)39-95-70(121)51(85)35-47-17-7-5-8-18-47)67(118)101-54(23-15-33-92-81(88)89)71(122)104-53(22-12-14-32-84)74(125)108-60(42-110)78(129)99-44(2)68(119)102-55(24-16-34-93-82(90)91)72(123)103-52(21-11-13-31-83)73(124)107-58(37-49-25-27-50(112)28-26-49)75(126)98-45(3)69(120)106-59(38-62(87)114)76(127)105-56(80(131)132)29-30-61(86)113/h5-10,17-20,25-28,43-46,51-60,66,110-112H,11-16,21-24,29-42,83-85H2,1-4H3,(H2,86,113)(H2,87,114)(H,94,115)(H,95,121)(H,96,130)(H,97,116)(H,98,126)(H,99,129)(H,100,117)(H,101,118)(H,102,119)(H,103,123)(H,104,122)(H,105,127)(H,106,120)(H,107,124)(H,108,125)(H,109,128)(H,131,132)(H4,88,89,92)(H4,90,91,93). The van der Waals surface area contributed by atoms with E-state index in [0.717, 1.165) is 5.56 Å². The Morgan fingerprint density at radius 3 is 1.16 bits per heavy atom. The molecule has 0 saturated heterocycles. The van der Waals surface area contributed by atoms with E-state index in [1.165, 1.54) is 52.0 Å². The summed E-state index contributed by atoms with van der Waals surface area (Å²) < 4.78 is 0. The van der Waals surface area contributed by atoms with Gasteiger partial charge in [0, 0.05) is 32.4 Å². The van der Waals surface area contributed by atoms with Gasteiger partial charge in [-0.2, -0.15) is 0 Å². The number of unbranched alkanes of at least 4 members (excludes halogenated alkanes) is 2. The van der Waals surface area contributed by atoms with Crippen LogP contribution in [-0.4, -0.2) is 380 Å². The van der Waals surface area contributed by atoms with E-state index in [4.69, 9.17) is 50.3 Å². The summed E-state index contributed by atoms with van der Waals surface area (Å²) in [6.07, 6.45) is -2.97. The second-order valence-electron chi connectivity index (χ2n) is 29.9. The number of nitrogens with one attached hydrogen (secondary N) is 6. The lowest BCUT2D eigenvalue weighted by atomic mass is 10.0. The predicted octanol–water partition coefficient (Wildman–Crippen LogP) is 4.39. The van der Waals surface area contributed by atoms with E-state index in [-0.39, 0.29) is 103 Å². The summed E-state index contributed by atoms with van der Waals surface area (Å²) in [5, 5.41) is 276. The first-order chi connectivity index (χ1) is 62.4. The van der Waals surface area contributed by atoms with Gasteiger partial charge in [-0.3, -0.25) is 21.6 Å². The molecular weight excluding hydrogens is 1730 g/mol. The minimum atomic E-state index is -1.84. The number of aliphatic hydroxyl groups is 20. The van der Waals surface area contributed by atoms with Crippen LogP contribution in [0.2, 0.25) is 0 Å². The number of phenols is 1. The Kier molecular flexibility index (Phi) is 50.7. The van der Waals surface area contributed by atoms with Crippen LogP contribution in [0.15, 0.2) is 165 Å². The van der Waals surface area contributed by atoms with Crippen LogP contribution in [0.4, 0.5) is 0 Å². The van der Waals surface area contributed by atoms with Crippen LogP contribution in [0.1, 0.15) is 128 Å². The molecule has 0 amide bonds. The maximum atomic E-state index is 11.9. The SMILES string of the molecule is CC(N=C(O)CN=C(O)C(N=C(O)C(Cc1ccccc1)N=C(O)CN=C(O)CN=C(O)C(N)Cc1ccccc1)C(C)O)C(O)=NC(CCCNC(=N)N)C(O)=NC(CCCCN)C(O)=NC(CO)C(O)=NC(C)C(O)=NC(CCCNC(=N)N)C(O)=NC(CCCCN)C(O)=NC(Cc1ccc(O)cc1)C(O)=NC(C)C(O)=NC(CC(=N)O)C(O)=NC(CCC(=N)O)C(=O)O. The van der Waals surface area contributed by atoms with Gasteiger partial charge in [0.2, 0.25) is 88.5 Å². The monoisotopic (exact) mass is 1860 g/mol. The molecule has 50 nitrogen and oxygen atoms in total. The van der Waals surface area contributed by atoms with Crippen molar-refractivity contribution in [3.63, 3.8) is 0 Å². The molecule has 0 bridgehead atoms. The summed E-state index contributed by atoms with van der Waals surface area (Å²) in [6, 6.07) is 1.20. The van der Waals surface area contributed by atoms with Crippen LogP contribution in [0, 0.1) is 21.6 Å². The molecule has 50 heteroatoms. The highest BCUT2D eigenvalue weighted by Crippen LogP contribution is 2.21. The van der Waals surface area contributed by atoms with Crippen molar-refractivity contribution in [3.8, 4) is 5.75 Å². The molecule has 0 radical (unpaired) electrons. The van der Waals surface area contributed by atoms with Gasteiger partial charge in [0.05, 0.1) is 25.2 Å². The second kappa shape index (κ2) is 59.8. The minimum Gasteiger partial charge on any atom is -0.508 e. The molecule has 3 aromatic carbocycles. The number of guanidine groups is 2. The van der Waals surface area contributed by atoms with Crippen LogP contribution in [-0.2, 0) is 24.1 Å². The molecule has 15 atom stereocenters. The number of carbonyl (C=O) groups is 1. The van der Waals surface area contributed by atoms with Crippen molar-refractivity contribution < 1.29 is 117 Å². The Bertz CT molecular complexity index is 4680. The molecule has 0 aromatic heterocycles. The molecule has 15 unspecified atom stereocenters. The quantitative estimate of drug-likeness (QED) is 0.0212. The van der Waals surface area contributed by atoms with E-state index in [1.54, 1.807) is 42.5 Å². The number of aliphatic carboxylic acids is 1. The highest BCUT2D eigenvalue weighted by molar-refractivity contribution is 5.97. The summed E-state index contributed by atoms with van der Waals surface area (Å²) in [5.41, 5.74) is 30.5. The number of benzene rings is 3. The van der Waals surface area contributed by atoms with Crippen molar-refractivity contribution in [1.29, 1.82) is 21.6 Å². The van der Waals surface area contributed by atoms with Crippen molar-refractivity contribution in [2.24, 2.45) is 109 Å². The van der Waals surface area contributed by atoms with Gasteiger partial charge in [0.15, 0.2) is 47.7 Å². The number of aliphatic hydroxyl groups excluding tert-OH is 20. The molecule has 0 saturated carbocycles. The van der Waals surface area contributed by atoms with Crippen LogP contribution >= 0.6 is 0 Å². The summed E-state index contributed by atoms with van der Waals surface area (Å²) in [7, 11) is 0. The van der Waals surface area contributed by atoms with Gasteiger partial charge in [-0.25, -0.2) is 84.7 Å². The third kappa shape index (κ3) is 44.2. The molecule has 3 rings (SSSR count). The number of phenolic OH excluding ortho intramolecular Hbond substituents is 1. The molecule has 0 aliphatic rings. The molecule has 3 aromatic rings. The Balaban J connectivity index is 2.09. The number of nitrogens with two attached hydrogens (primary N) is 5. The summed E-state index contributed by atoms with van der Waals surface area (Å²) in [5.74, 6) is -18.3. The third-order valence-corrected chi connectivity index (χ3v) is 18.8. The number of nitrogens with zero attached hydrogens (tertiary/aromatic N) is 16. The number of carboxylic acid groups (broad SMARTS) is 1. The van der Waals surface area contributed by atoms with E-state index < -0.39 is 260 Å².